The van der Waals surface area contributed by atoms with Gasteiger partial charge in [0.15, 0.2) is 5.78 Å². The number of methoxy groups -OCH3 is 1. The number of benzene rings is 3. The van der Waals surface area contributed by atoms with Gasteiger partial charge in [-0.3, -0.25) is 19.5 Å². The van der Waals surface area contributed by atoms with E-state index in [1.165, 1.54) is 11.1 Å². The summed E-state index contributed by atoms with van der Waals surface area (Å²) in [6, 6.07) is 31.6. The number of imidazole rings is 1. The number of ether oxygens (including phenoxy) is 2. The first-order valence-corrected chi connectivity index (χ1v) is 26.1. The number of piperidine rings is 1. The summed E-state index contributed by atoms with van der Waals surface area (Å²) in [5, 5.41) is 9.21. The van der Waals surface area contributed by atoms with E-state index in [0.29, 0.717) is 24.8 Å². The van der Waals surface area contributed by atoms with Crippen molar-refractivity contribution < 1.29 is 14.3 Å². The van der Waals surface area contributed by atoms with E-state index in [2.05, 4.69) is 151 Å². The number of carbonyl (C=O) groups excluding carboxylic acids is 1. The molecule has 10 rings (SSSR count). The monoisotopic (exact) mass is 968 g/mol. The summed E-state index contributed by atoms with van der Waals surface area (Å²) in [6.07, 6.45) is 8.04. The number of halogens is 1. The number of hydrogen-bond donors (Lipinski definition) is 2. The fourth-order valence-corrected chi connectivity index (χ4v) is 14.7. The second-order valence-electron chi connectivity index (χ2n) is 21.7. The van der Waals surface area contributed by atoms with Crippen LogP contribution in [0.3, 0.4) is 0 Å². The number of nitrogens with one attached hydrogen (secondary N) is 2. The minimum atomic E-state index is -0.765. The third kappa shape index (κ3) is 8.34. The van der Waals surface area contributed by atoms with Crippen molar-refractivity contribution in [2.24, 2.45) is 23.8 Å². The fraction of sp³-hybridized carbons (Fsp3) is 0.526. The number of aromatic nitrogens is 3. The van der Waals surface area contributed by atoms with Gasteiger partial charge in [0.2, 0.25) is 5.88 Å². The molecule has 6 heterocycles. The van der Waals surface area contributed by atoms with Crippen LogP contribution in [0.5, 0.6) is 11.6 Å². The SMILES string of the molecule is CCC12C(=O)C34C5C[C@H](Cc6ccc(Cl)cc6)N(C)C3[C@@H](COC)NC4[C@H](C)N(Cc3cccnc3Oc3ccc(-c4cnc(CN(C)C)n4C)cc3)C1C[C@@H](Cc1ccccc1)C2N(C)[C@@H](C)CN5. The van der Waals surface area contributed by atoms with Gasteiger partial charge < -0.3 is 29.6 Å². The molecule has 0 radical (unpaired) electrons. The Morgan fingerprint density at radius 2 is 1.61 bits per heavy atom. The number of hydrogen-bond acceptors (Lipinski definition) is 11. The number of carbonyl (C=O) groups is 1. The molecule has 0 amide bonds. The Morgan fingerprint density at radius 3 is 2.33 bits per heavy atom. The predicted octanol–water partition coefficient (Wildman–Crippen LogP) is 7.74. The Kier molecular flexibility index (Phi) is 13.9. The smallest absolute Gasteiger partial charge is 0.223 e. The molecule has 4 saturated heterocycles. The minimum absolute atomic E-state index is 0.00863. The Hall–Kier alpha value is -4.50. The van der Waals surface area contributed by atoms with E-state index in [9.17, 15) is 0 Å². The van der Waals surface area contributed by atoms with E-state index in [0.717, 1.165) is 78.6 Å². The topological polar surface area (TPSA) is 103 Å². The molecule has 1 spiro atoms. The van der Waals surface area contributed by atoms with Crippen molar-refractivity contribution in [1.82, 2.24) is 44.8 Å². The van der Waals surface area contributed by atoms with Crippen molar-refractivity contribution in [2.45, 2.75) is 120 Å². The highest BCUT2D eigenvalue weighted by Gasteiger charge is 2.77. The molecule has 2 N–H and O–H groups in total. The summed E-state index contributed by atoms with van der Waals surface area (Å²) in [6.45, 7) is 9.74. The molecule has 70 heavy (non-hydrogen) atoms. The van der Waals surface area contributed by atoms with Crippen LogP contribution in [0.2, 0.25) is 5.02 Å². The lowest BCUT2D eigenvalue weighted by Gasteiger charge is -2.57. The lowest BCUT2D eigenvalue weighted by atomic mass is 9.54. The third-order valence-electron chi connectivity index (χ3n) is 17.8. The molecular formula is C57H74ClN9O3. The Morgan fingerprint density at radius 1 is 0.871 bits per heavy atom. The van der Waals surface area contributed by atoms with Crippen molar-refractivity contribution >= 4 is 17.4 Å². The quantitative estimate of drug-likeness (QED) is 0.114. The minimum Gasteiger partial charge on any atom is -0.439 e. The molecule has 12 atom stereocenters. The van der Waals surface area contributed by atoms with Gasteiger partial charge in [-0.25, -0.2) is 9.97 Å². The van der Waals surface area contributed by atoms with Crippen molar-refractivity contribution in [2.75, 3.05) is 48.5 Å². The van der Waals surface area contributed by atoms with Gasteiger partial charge in [0.1, 0.15) is 11.6 Å². The summed E-state index contributed by atoms with van der Waals surface area (Å²) in [4.78, 5) is 37.1. The maximum atomic E-state index is 17.4. The summed E-state index contributed by atoms with van der Waals surface area (Å²) in [5.41, 5.74) is 4.25. The van der Waals surface area contributed by atoms with E-state index in [1.807, 2.05) is 42.7 Å². The van der Waals surface area contributed by atoms with Crippen molar-refractivity contribution in [1.29, 1.82) is 0 Å². The molecule has 5 fully saturated rings. The average Bonchev–Trinajstić information content (AvgIpc) is 4.00. The summed E-state index contributed by atoms with van der Waals surface area (Å²) >= 11 is 6.41. The van der Waals surface area contributed by atoms with E-state index in [4.69, 9.17) is 31.0 Å². The predicted molar refractivity (Wildman–Crippen MR) is 278 cm³/mol. The number of likely N-dealkylation sites (tertiary alicyclic amines) is 2. The van der Waals surface area contributed by atoms with Crippen LogP contribution in [-0.4, -0.2) is 143 Å². The first kappa shape index (κ1) is 49.1. The molecule has 1 saturated carbocycles. The Labute approximate surface area is 421 Å². The molecule has 13 heteroatoms. The highest BCUT2D eigenvalue weighted by molar-refractivity contribution is 6.30. The fourth-order valence-electron chi connectivity index (χ4n) is 14.6. The largest absolute Gasteiger partial charge is 0.439 e. The van der Waals surface area contributed by atoms with Crippen LogP contribution >= 0.6 is 11.6 Å². The van der Waals surface area contributed by atoms with Crippen molar-refractivity contribution in [3.63, 3.8) is 0 Å². The average molecular weight is 969 g/mol. The molecule has 7 unspecified atom stereocenters. The van der Waals surface area contributed by atoms with Gasteiger partial charge >= 0.3 is 0 Å². The lowest BCUT2D eigenvalue weighted by Crippen LogP contribution is -2.73. The van der Waals surface area contributed by atoms with Crippen LogP contribution in [0.1, 0.15) is 62.5 Å². The van der Waals surface area contributed by atoms with Gasteiger partial charge in [-0.1, -0.05) is 67.1 Å². The molecule has 372 valence electrons. The number of likely N-dealkylation sites (N-methyl/N-ethyl adjacent to an activating group) is 2. The summed E-state index contributed by atoms with van der Waals surface area (Å²) < 4.78 is 15.1. The zero-order valence-corrected chi connectivity index (χ0v) is 43.4. The maximum Gasteiger partial charge on any atom is 0.223 e. The van der Waals surface area contributed by atoms with Gasteiger partial charge in [-0.15, -0.1) is 0 Å². The van der Waals surface area contributed by atoms with Crippen LogP contribution in [0.15, 0.2) is 103 Å². The molecule has 4 aliphatic heterocycles. The zero-order valence-electron chi connectivity index (χ0n) is 42.7. The van der Waals surface area contributed by atoms with Crippen molar-refractivity contribution in [3.05, 3.63) is 131 Å². The van der Waals surface area contributed by atoms with Gasteiger partial charge in [-0.2, -0.15) is 0 Å². The van der Waals surface area contributed by atoms with E-state index < -0.39 is 10.8 Å². The molecule has 5 aliphatic rings. The summed E-state index contributed by atoms with van der Waals surface area (Å²) in [7, 11) is 12.6. The second kappa shape index (κ2) is 19.8. The van der Waals surface area contributed by atoms with Crippen molar-refractivity contribution in [3.8, 4) is 22.9 Å². The number of nitrogens with zero attached hydrogens (tertiary/aromatic N) is 7. The van der Waals surface area contributed by atoms with Crippen LogP contribution in [0, 0.1) is 16.7 Å². The molecule has 3 aromatic carbocycles. The molecule has 12 nitrogen and oxygen atoms in total. The molecule has 2 aromatic heterocycles. The first-order chi connectivity index (χ1) is 33.8. The summed E-state index contributed by atoms with van der Waals surface area (Å²) in [5.74, 6) is 2.99. The molecule has 1 aliphatic carbocycles. The molecule has 5 aromatic rings. The number of ketones is 1. The number of pyridine rings is 1. The van der Waals surface area contributed by atoms with Crippen LogP contribution < -0.4 is 15.4 Å². The van der Waals surface area contributed by atoms with E-state index >= 15 is 4.79 Å². The standard InChI is InChI=1S/C57H74ClN9O3/c1-10-56-49-29-42(27-38-15-12-11-13-16-38)52(56)64(6)36(2)31-60-48-30-44(28-39-18-22-43(58)23-19-39)65(7)53-46(35-69-9)62-51(57(48,53)55(56)68)37(3)67(49)33-41-17-14-26-59-54(41)70-45-24-20-40(21-25-45)47-32-61-50(66(47)8)34-63(4)5/h11-26,32,36-37,42,44,46,48-49,51-53,60,62H,10,27-31,33-35H2,1-9H3/t36-,37-,42+,44-,46+,48?,49?,51?,52?,53?,56?,57?/m0/s1. The van der Waals surface area contributed by atoms with Crippen LogP contribution in [-0.2, 0) is 42.5 Å². The molecular weight excluding hydrogens is 894 g/mol. The zero-order chi connectivity index (χ0) is 49.1. The van der Waals surface area contributed by atoms with E-state index in [1.54, 1.807) is 7.11 Å². The maximum absolute atomic E-state index is 17.4. The Balaban J connectivity index is 1.08. The second-order valence-corrected chi connectivity index (χ2v) is 22.1. The number of rotatable bonds is 14. The highest BCUT2D eigenvalue weighted by Crippen LogP contribution is 2.62. The van der Waals surface area contributed by atoms with Crippen LogP contribution in [0.25, 0.3) is 11.3 Å². The normalized spacial score (nSPS) is 32.4. The van der Waals surface area contributed by atoms with Gasteiger partial charge in [0, 0.05) is 104 Å². The lowest BCUT2D eigenvalue weighted by molar-refractivity contribution is -0.154. The Bertz CT molecular complexity index is 2610. The first-order valence-electron chi connectivity index (χ1n) is 25.7. The van der Waals surface area contributed by atoms with Gasteiger partial charge in [0.05, 0.1) is 35.9 Å². The molecule has 2 bridgehead atoms. The van der Waals surface area contributed by atoms with Gasteiger partial charge in [-0.05, 0) is 134 Å². The highest BCUT2D eigenvalue weighted by atomic mass is 35.5. The third-order valence-corrected chi connectivity index (χ3v) is 18.0. The number of Topliss-reactive ketones (excluding diaryl/α,β-unsaturated/α-hetero) is 1. The van der Waals surface area contributed by atoms with Crippen LogP contribution in [0.4, 0.5) is 0 Å². The van der Waals surface area contributed by atoms with Gasteiger partial charge in [0.25, 0.3) is 0 Å². The van der Waals surface area contributed by atoms with E-state index in [-0.39, 0.29) is 60.3 Å².